The summed E-state index contributed by atoms with van der Waals surface area (Å²) in [5.74, 6) is 0. The van der Waals surface area contributed by atoms with Crippen LogP contribution in [-0.4, -0.2) is 32.5 Å². The van der Waals surface area contributed by atoms with Crippen molar-refractivity contribution in [2.75, 3.05) is 31.3 Å². The Kier molecular flexibility index (Phi) is 11.0. The van der Waals surface area contributed by atoms with E-state index in [0.29, 0.717) is 6.61 Å². The van der Waals surface area contributed by atoms with Gasteiger partial charge in [-0.25, -0.2) is 0 Å². The number of hydrogen-bond acceptors (Lipinski definition) is 3. The van der Waals surface area contributed by atoms with Gasteiger partial charge in [-0.1, -0.05) is 62.5 Å². The largest absolute Gasteiger partial charge is 0.381 e. The average molecular weight is 452 g/mol. The molecule has 0 aliphatic carbocycles. The monoisotopic (exact) mass is 451 g/mol. The van der Waals surface area contributed by atoms with Crippen molar-refractivity contribution in [2.24, 2.45) is 0 Å². The molecule has 3 nitrogen and oxygen atoms in total. The highest BCUT2D eigenvalue weighted by Crippen LogP contribution is 2.36. The second kappa shape index (κ2) is 13.2. The number of ether oxygens (including phenoxy) is 2. The third-order valence-electron chi connectivity index (χ3n) is 5.17. The summed E-state index contributed by atoms with van der Waals surface area (Å²) in [6.07, 6.45) is 3.29. The predicted octanol–water partition coefficient (Wildman–Crippen LogP) is 7.48. The number of benzene rings is 2. The first-order chi connectivity index (χ1) is 14.6. The molecule has 3 rings (SSSR count). The van der Waals surface area contributed by atoms with Gasteiger partial charge in [-0.3, -0.25) is 0 Å². The molecule has 166 valence electrons. The summed E-state index contributed by atoms with van der Waals surface area (Å²) in [4.78, 5) is 2.38. The minimum Gasteiger partial charge on any atom is -0.381 e. The molecule has 0 N–H and O–H groups in total. The number of morpholine rings is 1. The molecule has 1 fully saturated rings. The topological polar surface area (TPSA) is 21.7 Å². The quantitative estimate of drug-likeness (QED) is 0.388. The maximum absolute atomic E-state index is 6.59. The molecule has 0 amide bonds. The molecule has 2 aromatic rings. The molecular weight excluding hydrogens is 417 g/mol. The first kappa shape index (κ1) is 25.0. The van der Waals surface area contributed by atoms with Crippen LogP contribution < -0.4 is 4.90 Å². The van der Waals surface area contributed by atoms with Gasteiger partial charge in [-0.2, -0.15) is 0 Å². The zero-order valence-corrected chi connectivity index (χ0v) is 20.2. The summed E-state index contributed by atoms with van der Waals surface area (Å²) in [6.45, 7) is 11.2. The number of halogens is 2. The number of rotatable bonds is 8. The van der Waals surface area contributed by atoms with Crippen molar-refractivity contribution in [1.82, 2.24) is 0 Å². The maximum Gasteiger partial charge on any atom is 0.0791 e. The molecule has 2 aromatic carbocycles. The molecule has 0 radical (unpaired) electrons. The Bertz CT molecular complexity index is 751. The van der Waals surface area contributed by atoms with Crippen LogP contribution in [0, 0.1) is 6.92 Å². The molecule has 0 saturated carbocycles. The van der Waals surface area contributed by atoms with Gasteiger partial charge in [0.1, 0.15) is 0 Å². The summed E-state index contributed by atoms with van der Waals surface area (Å²) in [6, 6.07) is 14.3. The molecule has 30 heavy (non-hydrogen) atoms. The van der Waals surface area contributed by atoms with Crippen molar-refractivity contribution < 1.29 is 9.47 Å². The zero-order valence-electron chi connectivity index (χ0n) is 18.7. The molecule has 1 aliphatic heterocycles. The normalized spacial score (nSPS) is 18.7. The third kappa shape index (κ3) is 7.16. The van der Waals surface area contributed by atoms with E-state index >= 15 is 0 Å². The highest BCUT2D eigenvalue weighted by molar-refractivity contribution is 6.31. The predicted molar refractivity (Wildman–Crippen MR) is 129 cm³/mol. The highest BCUT2D eigenvalue weighted by Gasteiger charge is 2.31. The summed E-state index contributed by atoms with van der Waals surface area (Å²) in [7, 11) is 0. The van der Waals surface area contributed by atoms with Crippen LogP contribution in [0.4, 0.5) is 5.69 Å². The number of unbranched alkanes of at least 4 members (excludes halogenated alkanes) is 1. The Morgan fingerprint density at radius 1 is 1.07 bits per heavy atom. The average Bonchev–Trinajstić information content (AvgIpc) is 2.76. The minimum absolute atomic E-state index is 0.0755. The fourth-order valence-corrected chi connectivity index (χ4v) is 4.02. The van der Waals surface area contributed by atoms with E-state index in [9.17, 15) is 0 Å². The second-order valence-corrected chi connectivity index (χ2v) is 8.22. The Balaban J connectivity index is 0.00000155. The molecule has 5 heteroatoms. The van der Waals surface area contributed by atoms with Crippen molar-refractivity contribution in [3.63, 3.8) is 0 Å². The first-order valence-electron chi connectivity index (χ1n) is 11.1. The number of hydrogen-bond donors (Lipinski definition) is 0. The van der Waals surface area contributed by atoms with Gasteiger partial charge in [0.05, 0.1) is 18.8 Å². The lowest BCUT2D eigenvalue weighted by atomic mass is 10.0. The lowest BCUT2D eigenvalue weighted by Crippen LogP contribution is -2.45. The van der Waals surface area contributed by atoms with Crippen LogP contribution in [0.2, 0.25) is 10.0 Å². The Morgan fingerprint density at radius 2 is 1.80 bits per heavy atom. The standard InChI is InChI=1S/C23H29Cl2NO2.C2H6/c1-3-4-12-27-13-11-20-15-26(19-8-6-18(24)7-9-19)23(16-28-20)21-10-5-17(2)14-22(21)25;1-2/h5-10,14,20,23H,3-4,11-13,15-16H2,1-2H3;1-2H3. The maximum atomic E-state index is 6.59. The van der Waals surface area contributed by atoms with Crippen LogP contribution in [0.25, 0.3) is 0 Å². The fraction of sp³-hybridized carbons (Fsp3) is 0.520. The van der Waals surface area contributed by atoms with Gasteiger partial charge >= 0.3 is 0 Å². The van der Waals surface area contributed by atoms with Gasteiger partial charge in [0.15, 0.2) is 0 Å². The molecule has 1 heterocycles. The minimum atomic E-state index is 0.0755. The van der Waals surface area contributed by atoms with E-state index in [1.165, 1.54) is 0 Å². The molecule has 1 aliphatic rings. The van der Waals surface area contributed by atoms with Crippen molar-refractivity contribution in [2.45, 2.75) is 59.1 Å². The summed E-state index contributed by atoms with van der Waals surface area (Å²) in [5, 5.41) is 1.52. The van der Waals surface area contributed by atoms with Crippen LogP contribution in [0.5, 0.6) is 0 Å². The van der Waals surface area contributed by atoms with E-state index in [-0.39, 0.29) is 12.1 Å². The van der Waals surface area contributed by atoms with Crippen LogP contribution in [0.15, 0.2) is 42.5 Å². The van der Waals surface area contributed by atoms with Crippen molar-refractivity contribution in [3.05, 3.63) is 63.6 Å². The van der Waals surface area contributed by atoms with E-state index in [2.05, 4.69) is 43.0 Å². The smallest absolute Gasteiger partial charge is 0.0791 e. The van der Waals surface area contributed by atoms with Crippen LogP contribution in [-0.2, 0) is 9.47 Å². The third-order valence-corrected chi connectivity index (χ3v) is 5.75. The van der Waals surface area contributed by atoms with Gasteiger partial charge in [0, 0.05) is 35.5 Å². The van der Waals surface area contributed by atoms with Crippen molar-refractivity contribution in [3.8, 4) is 0 Å². The molecular formula is C25H35Cl2NO2. The lowest BCUT2D eigenvalue weighted by molar-refractivity contribution is -0.00454. The molecule has 2 atom stereocenters. The van der Waals surface area contributed by atoms with E-state index in [4.69, 9.17) is 32.7 Å². The summed E-state index contributed by atoms with van der Waals surface area (Å²) in [5.41, 5.74) is 3.39. The molecule has 0 bridgehead atoms. The SMILES string of the molecule is CC.CCCCOCCC1CN(c2ccc(Cl)cc2)C(c2ccc(C)cc2Cl)CO1. The number of anilines is 1. The molecule has 1 saturated heterocycles. The highest BCUT2D eigenvalue weighted by atomic mass is 35.5. The van der Waals surface area contributed by atoms with E-state index in [1.54, 1.807) is 0 Å². The van der Waals surface area contributed by atoms with Crippen molar-refractivity contribution in [1.29, 1.82) is 0 Å². The van der Waals surface area contributed by atoms with Gasteiger partial charge < -0.3 is 14.4 Å². The molecule has 0 aromatic heterocycles. The van der Waals surface area contributed by atoms with E-state index in [0.717, 1.165) is 65.9 Å². The Labute approximate surface area is 192 Å². The first-order valence-corrected chi connectivity index (χ1v) is 11.8. The summed E-state index contributed by atoms with van der Waals surface area (Å²) >= 11 is 12.7. The van der Waals surface area contributed by atoms with Gasteiger partial charge in [0.25, 0.3) is 0 Å². The van der Waals surface area contributed by atoms with Gasteiger partial charge in [-0.05, 0) is 61.2 Å². The fourth-order valence-electron chi connectivity index (χ4n) is 3.53. The van der Waals surface area contributed by atoms with Crippen LogP contribution >= 0.6 is 23.2 Å². The Hall–Kier alpha value is -1.26. The van der Waals surface area contributed by atoms with Crippen LogP contribution in [0.1, 0.15) is 57.2 Å². The van der Waals surface area contributed by atoms with Gasteiger partial charge in [-0.15, -0.1) is 0 Å². The van der Waals surface area contributed by atoms with E-state index < -0.39 is 0 Å². The Morgan fingerprint density at radius 3 is 2.47 bits per heavy atom. The molecule has 0 spiro atoms. The summed E-state index contributed by atoms with van der Waals surface area (Å²) < 4.78 is 11.9. The van der Waals surface area contributed by atoms with Crippen molar-refractivity contribution >= 4 is 28.9 Å². The molecule has 2 unspecified atom stereocenters. The van der Waals surface area contributed by atoms with Gasteiger partial charge in [0.2, 0.25) is 0 Å². The van der Waals surface area contributed by atoms with E-state index in [1.807, 2.05) is 32.0 Å². The lowest BCUT2D eigenvalue weighted by Gasteiger charge is -2.42. The number of aryl methyl sites for hydroxylation is 1. The second-order valence-electron chi connectivity index (χ2n) is 7.38. The van der Waals surface area contributed by atoms with Crippen LogP contribution in [0.3, 0.4) is 0 Å². The number of nitrogens with zero attached hydrogens (tertiary/aromatic N) is 1. The zero-order chi connectivity index (χ0) is 21.9.